The first-order chi connectivity index (χ1) is 10.1. The molecule has 6 nitrogen and oxygen atoms in total. The number of anilines is 1. The van der Waals surface area contributed by atoms with Gasteiger partial charge < -0.3 is 19.6 Å². The molecule has 1 aromatic carbocycles. The minimum Gasteiger partial charge on any atom is -0.482 e. The first-order valence-corrected chi connectivity index (χ1v) is 6.40. The Labute approximate surface area is 121 Å². The summed E-state index contributed by atoms with van der Waals surface area (Å²) in [5.74, 6) is -0.0606. The largest absolute Gasteiger partial charge is 0.482 e. The fourth-order valence-electron chi connectivity index (χ4n) is 1.72. The van der Waals surface area contributed by atoms with Crippen molar-refractivity contribution in [1.82, 2.24) is 0 Å². The SMILES string of the molecule is O=C(O)COc1cccc(NC(=O)CCc2ccco2)c1. The van der Waals surface area contributed by atoms with E-state index in [-0.39, 0.29) is 5.91 Å². The molecule has 1 aromatic heterocycles. The third-order valence-corrected chi connectivity index (χ3v) is 2.66. The lowest BCUT2D eigenvalue weighted by molar-refractivity contribution is -0.139. The van der Waals surface area contributed by atoms with Gasteiger partial charge in [0.15, 0.2) is 6.61 Å². The maximum Gasteiger partial charge on any atom is 0.341 e. The van der Waals surface area contributed by atoms with E-state index in [0.717, 1.165) is 5.76 Å². The number of benzene rings is 1. The zero-order valence-electron chi connectivity index (χ0n) is 11.2. The third-order valence-electron chi connectivity index (χ3n) is 2.66. The van der Waals surface area contributed by atoms with Crippen LogP contribution in [0.1, 0.15) is 12.2 Å². The summed E-state index contributed by atoms with van der Waals surface area (Å²) in [6, 6.07) is 10.2. The molecule has 0 saturated heterocycles. The molecular weight excluding hydrogens is 274 g/mol. The summed E-state index contributed by atoms with van der Waals surface area (Å²) in [5, 5.41) is 11.3. The van der Waals surface area contributed by atoms with Crippen molar-refractivity contribution >= 4 is 17.6 Å². The zero-order valence-corrected chi connectivity index (χ0v) is 11.2. The fraction of sp³-hybridized carbons (Fsp3) is 0.200. The van der Waals surface area contributed by atoms with E-state index in [2.05, 4.69) is 5.32 Å². The molecule has 0 radical (unpaired) electrons. The van der Waals surface area contributed by atoms with Crippen molar-refractivity contribution in [3.63, 3.8) is 0 Å². The van der Waals surface area contributed by atoms with Crippen LogP contribution in [0.15, 0.2) is 47.1 Å². The number of carboxylic acids is 1. The van der Waals surface area contributed by atoms with Crippen molar-refractivity contribution in [2.75, 3.05) is 11.9 Å². The molecule has 0 aliphatic carbocycles. The molecule has 2 aromatic rings. The van der Waals surface area contributed by atoms with Gasteiger partial charge in [0, 0.05) is 24.6 Å². The maximum absolute atomic E-state index is 11.8. The lowest BCUT2D eigenvalue weighted by atomic mass is 10.2. The minimum absolute atomic E-state index is 0.151. The summed E-state index contributed by atoms with van der Waals surface area (Å²) in [6.45, 7) is -0.421. The van der Waals surface area contributed by atoms with Crippen molar-refractivity contribution < 1.29 is 23.8 Å². The molecule has 0 spiro atoms. The van der Waals surface area contributed by atoms with Gasteiger partial charge in [-0.05, 0) is 24.3 Å². The number of aryl methyl sites for hydroxylation is 1. The number of hydrogen-bond donors (Lipinski definition) is 2. The topological polar surface area (TPSA) is 88.8 Å². The predicted octanol–water partition coefficient (Wildman–Crippen LogP) is 2.31. The molecule has 1 heterocycles. The molecule has 0 aliphatic rings. The Bertz CT molecular complexity index is 606. The van der Waals surface area contributed by atoms with Gasteiger partial charge >= 0.3 is 5.97 Å². The van der Waals surface area contributed by atoms with E-state index in [1.54, 1.807) is 36.6 Å². The van der Waals surface area contributed by atoms with Gasteiger partial charge in [-0.3, -0.25) is 4.79 Å². The summed E-state index contributed by atoms with van der Waals surface area (Å²) in [4.78, 5) is 22.2. The highest BCUT2D eigenvalue weighted by molar-refractivity contribution is 5.91. The number of amides is 1. The lowest BCUT2D eigenvalue weighted by Gasteiger charge is -2.07. The molecule has 2 N–H and O–H groups in total. The minimum atomic E-state index is -1.05. The van der Waals surface area contributed by atoms with Gasteiger partial charge in [-0.2, -0.15) is 0 Å². The summed E-state index contributed by atoms with van der Waals surface area (Å²) in [5.41, 5.74) is 0.558. The number of aliphatic carboxylic acids is 1. The smallest absolute Gasteiger partial charge is 0.341 e. The molecule has 0 unspecified atom stereocenters. The first-order valence-electron chi connectivity index (χ1n) is 6.40. The number of furan rings is 1. The van der Waals surface area contributed by atoms with Crippen molar-refractivity contribution in [2.45, 2.75) is 12.8 Å². The molecular formula is C15H15NO5. The Balaban J connectivity index is 1.85. The highest BCUT2D eigenvalue weighted by Gasteiger charge is 2.06. The van der Waals surface area contributed by atoms with Crippen LogP contribution < -0.4 is 10.1 Å². The quantitative estimate of drug-likeness (QED) is 0.816. The highest BCUT2D eigenvalue weighted by Crippen LogP contribution is 2.17. The summed E-state index contributed by atoms with van der Waals surface area (Å²) in [6.07, 6.45) is 2.39. The highest BCUT2D eigenvalue weighted by atomic mass is 16.5. The van der Waals surface area contributed by atoms with Gasteiger partial charge in [0.25, 0.3) is 0 Å². The number of ether oxygens (including phenoxy) is 1. The van der Waals surface area contributed by atoms with Crippen molar-refractivity contribution in [3.8, 4) is 5.75 Å². The molecule has 0 aliphatic heterocycles. The van der Waals surface area contributed by atoms with Crippen LogP contribution in [0.4, 0.5) is 5.69 Å². The predicted molar refractivity (Wildman–Crippen MR) is 75.2 cm³/mol. The number of hydrogen-bond acceptors (Lipinski definition) is 4. The van der Waals surface area contributed by atoms with Crippen LogP contribution in [0.2, 0.25) is 0 Å². The van der Waals surface area contributed by atoms with Gasteiger partial charge in [0.2, 0.25) is 5.91 Å². The lowest BCUT2D eigenvalue weighted by Crippen LogP contribution is -2.13. The molecule has 21 heavy (non-hydrogen) atoms. The Morgan fingerprint density at radius 2 is 2.10 bits per heavy atom. The summed E-state index contributed by atoms with van der Waals surface area (Å²) >= 11 is 0. The Hall–Kier alpha value is -2.76. The van der Waals surface area contributed by atoms with Crippen LogP contribution in [-0.2, 0) is 16.0 Å². The molecule has 0 atom stereocenters. The van der Waals surface area contributed by atoms with Gasteiger partial charge in [-0.1, -0.05) is 6.07 Å². The second-order valence-electron chi connectivity index (χ2n) is 4.34. The molecule has 110 valence electrons. The standard InChI is InChI=1S/C15H15NO5/c17-14(7-6-12-5-2-8-20-12)16-11-3-1-4-13(9-11)21-10-15(18)19/h1-5,8-9H,6-7,10H2,(H,16,17)(H,18,19). The Morgan fingerprint density at radius 3 is 2.81 bits per heavy atom. The summed E-state index contributed by atoms with van der Waals surface area (Å²) < 4.78 is 10.2. The monoisotopic (exact) mass is 289 g/mol. The Morgan fingerprint density at radius 1 is 1.24 bits per heavy atom. The number of nitrogens with one attached hydrogen (secondary N) is 1. The molecule has 1 amide bonds. The van der Waals surface area contributed by atoms with E-state index in [1.165, 1.54) is 0 Å². The van der Waals surface area contributed by atoms with Crippen molar-refractivity contribution in [3.05, 3.63) is 48.4 Å². The molecule has 0 bridgehead atoms. The second kappa shape index (κ2) is 7.14. The van der Waals surface area contributed by atoms with E-state index in [9.17, 15) is 9.59 Å². The van der Waals surface area contributed by atoms with Crippen LogP contribution >= 0.6 is 0 Å². The van der Waals surface area contributed by atoms with E-state index in [4.69, 9.17) is 14.3 Å². The number of carboxylic acid groups (broad SMARTS) is 1. The first kappa shape index (κ1) is 14.6. The number of carbonyl (C=O) groups excluding carboxylic acids is 1. The average molecular weight is 289 g/mol. The number of rotatable bonds is 7. The van der Waals surface area contributed by atoms with Crippen molar-refractivity contribution in [2.24, 2.45) is 0 Å². The van der Waals surface area contributed by atoms with E-state index >= 15 is 0 Å². The maximum atomic E-state index is 11.8. The zero-order chi connectivity index (χ0) is 15.1. The number of carbonyl (C=O) groups is 2. The average Bonchev–Trinajstić information content (AvgIpc) is 2.97. The van der Waals surface area contributed by atoms with Crippen LogP contribution in [0.25, 0.3) is 0 Å². The van der Waals surface area contributed by atoms with Gasteiger partial charge in [-0.25, -0.2) is 4.79 Å². The van der Waals surface area contributed by atoms with Crippen LogP contribution in [0, 0.1) is 0 Å². The molecule has 2 rings (SSSR count). The Kier molecular flexibility index (Phi) is 4.98. The van der Waals surface area contributed by atoms with Crippen LogP contribution in [0.5, 0.6) is 5.75 Å². The van der Waals surface area contributed by atoms with Crippen LogP contribution in [-0.4, -0.2) is 23.6 Å². The van der Waals surface area contributed by atoms with E-state index in [1.807, 2.05) is 6.07 Å². The molecule has 6 heteroatoms. The van der Waals surface area contributed by atoms with Gasteiger partial charge in [0.05, 0.1) is 6.26 Å². The second-order valence-corrected chi connectivity index (χ2v) is 4.34. The van der Waals surface area contributed by atoms with Crippen molar-refractivity contribution in [1.29, 1.82) is 0 Å². The van der Waals surface area contributed by atoms with Gasteiger partial charge in [0.1, 0.15) is 11.5 Å². The van der Waals surface area contributed by atoms with Gasteiger partial charge in [-0.15, -0.1) is 0 Å². The van der Waals surface area contributed by atoms with E-state index < -0.39 is 12.6 Å². The third kappa shape index (κ3) is 5.02. The molecule has 0 saturated carbocycles. The molecule has 0 fully saturated rings. The fourth-order valence-corrected chi connectivity index (χ4v) is 1.72. The van der Waals surface area contributed by atoms with E-state index in [0.29, 0.717) is 24.3 Å². The summed E-state index contributed by atoms with van der Waals surface area (Å²) in [7, 11) is 0. The van der Waals surface area contributed by atoms with Crippen LogP contribution in [0.3, 0.4) is 0 Å². The normalized spacial score (nSPS) is 10.1.